The molecule has 0 aliphatic heterocycles. The molecule has 7 nitrogen and oxygen atoms in total. The number of aromatic nitrogens is 2. The third-order valence-corrected chi connectivity index (χ3v) is 3.87. The molecule has 1 amide bonds. The summed E-state index contributed by atoms with van der Waals surface area (Å²) in [6, 6.07) is 7.50. The summed E-state index contributed by atoms with van der Waals surface area (Å²) in [5.41, 5.74) is 0.837. The fraction of sp³-hybridized carbons (Fsp3) is 0.353. The van der Waals surface area contributed by atoms with E-state index in [0.717, 1.165) is 11.3 Å². The second kappa shape index (κ2) is 7.63. The average molecular weight is 331 g/mol. The molecule has 0 unspecified atom stereocenters. The van der Waals surface area contributed by atoms with Gasteiger partial charge >= 0.3 is 5.69 Å². The zero-order chi connectivity index (χ0) is 17.7. The quantitative estimate of drug-likeness (QED) is 0.824. The number of rotatable bonds is 6. The van der Waals surface area contributed by atoms with E-state index in [9.17, 15) is 14.4 Å². The van der Waals surface area contributed by atoms with Gasteiger partial charge in [0.1, 0.15) is 5.75 Å². The molecule has 0 bridgehead atoms. The SMILES string of the molecule is COc1ccccc1CN(C)C(=O)CCc1c(C)[nH]c(=O)[nH]c1=O. The maximum atomic E-state index is 12.3. The standard InChI is InChI=1S/C17H21N3O4/c1-11-13(16(22)19-17(23)18-11)8-9-15(21)20(2)10-12-6-4-5-7-14(12)24-3/h4-7H,8-10H2,1-3H3,(H2,18,19,22,23). The molecule has 0 fully saturated rings. The van der Waals surface area contributed by atoms with E-state index < -0.39 is 11.2 Å². The van der Waals surface area contributed by atoms with Gasteiger partial charge in [0.25, 0.3) is 5.56 Å². The van der Waals surface area contributed by atoms with Crippen LogP contribution in [0, 0.1) is 6.92 Å². The van der Waals surface area contributed by atoms with Gasteiger partial charge in [0.2, 0.25) is 5.91 Å². The Morgan fingerprint density at radius 3 is 2.58 bits per heavy atom. The molecule has 0 aliphatic carbocycles. The number of hydrogen-bond donors (Lipinski definition) is 2. The van der Waals surface area contributed by atoms with Gasteiger partial charge < -0.3 is 14.6 Å². The van der Waals surface area contributed by atoms with E-state index in [1.807, 2.05) is 24.3 Å². The molecule has 0 atom stereocenters. The molecule has 2 rings (SSSR count). The Balaban J connectivity index is 2.02. The molecule has 0 radical (unpaired) electrons. The Bertz CT molecular complexity index is 838. The van der Waals surface area contributed by atoms with Crippen molar-refractivity contribution in [3.63, 3.8) is 0 Å². The van der Waals surface area contributed by atoms with Crippen LogP contribution in [0.4, 0.5) is 0 Å². The molecule has 0 aliphatic rings. The third-order valence-electron chi connectivity index (χ3n) is 3.87. The van der Waals surface area contributed by atoms with E-state index >= 15 is 0 Å². The van der Waals surface area contributed by atoms with Crippen molar-refractivity contribution in [3.8, 4) is 5.75 Å². The van der Waals surface area contributed by atoms with Crippen LogP contribution in [0.3, 0.4) is 0 Å². The number of methoxy groups -OCH3 is 1. The van der Waals surface area contributed by atoms with Crippen LogP contribution in [0.25, 0.3) is 0 Å². The first-order valence-electron chi connectivity index (χ1n) is 7.60. The van der Waals surface area contributed by atoms with Crippen molar-refractivity contribution < 1.29 is 9.53 Å². The van der Waals surface area contributed by atoms with Crippen molar-refractivity contribution >= 4 is 5.91 Å². The van der Waals surface area contributed by atoms with Crippen molar-refractivity contribution in [1.82, 2.24) is 14.9 Å². The molecule has 0 saturated heterocycles. The number of hydrogen-bond acceptors (Lipinski definition) is 4. The number of nitrogens with zero attached hydrogens (tertiary/aromatic N) is 1. The van der Waals surface area contributed by atoms with E-state index in [-0.39, 0.29) is 18.7 Å². The first-order chi connectivity index (χ1) is 11.4. The number of para-hydroxylation sites is 1. The summed E-state index contributed by atoms with van der Waals surface area (Å²) in [5.74, 6) is 0.635. The Hall–Kier alpha value is -2.83. The summed E-state index contributed by atoms with van der Waals surface area (Å²) in [6.45, 7) is 2.07. The van der Waals surface area contributed by atoms with Crippen LogP contribution in [0.2, 0.25) is 0 Å². The molecule has 24 heavy (non-hydrogen) atoms. The Labute approximate surface area is 139 Å². The molecule has 0 spiro atoms. The summed E-state index contributed by atoms with van der Waals surface area (Å²) < 4.78 is 5.28. The molecule has 1 heterocycles. The van der Waals surface area contributed by atoms with Crippen LogP contribution in [0.15, 0.2) is 33.9 Å². The highest BCUT2D eigenvalue weighted by atomic mass is 16.5. The molecule has 2 aromatic rings. The number of nitrogens with one attached hydrogen (secondary N) is 2. The predicted molar refractivity (Wildman–Crippen MR) is 90.2 cm³/mol. The average Bonchev–Trinajstić information content (AvgIpc) is 2.54. The summed E-state index contributed by atoms with van der Waals surface area (Å²) in [7, 11) is 3.30. The Kier molecular flexibility index (Phi) is 5.57. The number of carbonyl (C=O) groups excluding carboxylic acids is 1. The number of carbonyl (C=O) groups is 1. The van der Waals surface area contributed by atoms with Crippen molar-refractivity contribution in [2.75, 3.05) is 14.2 Å². The number of aryl methyl sites for hydroxylation is 1. The zero-order valence-electron chi connectivity index (χ0n) is 14.0. The van der Waals surface area contributed by atoms with E-state index in [1.165, 1.54) is 0 Å². The largest absolute Gasteiger partial charge is 0.496 e. The van der Waals surface area contributed by atoms with E-state index in [4.69, 9.17) is 4.74 Å². The van der Waals surface area contributed by atoms with E-state index in [1.54, 1.807) is 26.0 Å². The number of H-pyrrole nitrogens is 2. The second-order valence-corrected chi connectivity index (χ2v) is 5.57. The van der Waals surface area contributed by atoms with Crippen LogP contribution < -0.4 is 16.0 Å². The topological polar surface area (TPSA) is 95.3 Å². The number of aromatic amines is 2. The van der Waals surface area contributed by atoms with Crippen molar-refractivity contribution in [3.05, 3.63) is 61.9 Å². The van der Waals surface area contributed by atoms with Crippen molar-refractivity contribution in [1.29, 1.82) is 0 Å². The van der Waals surface area contributed by atoms with Gasteiger partial charge in [0.15, 0.2) is 0 Å². The van der Waals surface area contributed by atoms with Gasteiger partial charge in [-0.15, -0.1) is 0 Å². The van der Waals surface area contributed by atoms with Crippen molar-refractivity contribution in [2.24, 2.45) is 0 Å². The molecule has 0 saturated carbocycles. The van der Waals surface area contributed by atoms with Gasteiger partial charge in [-0.3, -0.25) is 14.6 Å². The Morgan fingerprint density at radius 2 is 1.92 bits per heavy atom. The predicted octanol–water partition coefficient (Wildman–Crippen LogP) is 0.971. The van der Waals surface area contributed by atoms with Gasteiger partial charge in [0, 0.05) is 36.8 Å². The van der Waals surface area contributed by atoms with Crippen molar-refractivity contribution in [2.45, 2.75) is 26.3 Å². The van der Waals surface area contributed by atoms with E-state index in [2.05, 4.69) is 9.97 Å². The molecule has 128 valence electrons. The summed E-state index contributed by atoms with van der Waals surface area (Å²) in [5, 5.41) is 0. The lowest BCUT2D eigenvalue weighted by atomic mass is 10.1. The number of ether oxygens (including phenoxy) is 1. The minimum absolute atomic E-state index is 0.0918. The fourth-order valence-corrected chi connectivity index (χ4v) is 2.53. The highest BCUT2D eigenvalue weighted by molar-refractivity contribution is 5.76. The summed E-state index contributed by atoms with van der Waals surface area (Å²) >= 11 is 0. The highest BCUT2D eigenvalue weighted by Crippen LogP contribution is 2.19. The maximum absolute atomic E-state index is 12.3. The van der Waals surface area contributed by atoms with Crippen LogP contribution in [-0.4, -0.2) is 34.9 Å². The Morgan fingerprint density at radius 1 is 1.21 bits per heavy atom. The lowest BCUT2D eigenvalue weighted by Crippen LogP contribution is -2.30. The first-order valence-corrected chi connectivity index (χ1v) is 7.60. The van der Waals surface area contributed by atoms with Gasteiger partial charge in [-0.2, -0.15) is 0 Å². The molecular formula is C17H21N3O4. The molecule has 7 heteroatoms. The second-order valence-electron chi connectivity index (χ2n) is 5.57. The monoisotopic (exact) mass is 331 g/mol. The number of amides is 1. The molecule has 2 N–H and O–H groups in total. The molecular weight excluding hydrogens is 310 g/mol. The maximum Gasteiger partial charge on any atom is 0.325 e. The minimum Gasteiger partial charge on any atom is -0.496 e. The summed E-state index contributed by atoms with van der Waals surface area (Å²) in [4.78, 5) is 41.6. The highest BCUT2D eigenvalue weighted by Gasteiger charge is 2.14. The normalized spacial score (nSPS) is 10.5. The molecule has 1 aromatic heterocycles. The third kappa shape index (κ3) is 4.13. The van der Waals surface area contributed by atoms with Gasteiger partial charge in [0.05, 0.1) is 7.11 Å². The lowest BCUT2D eigenvalue weighted by molar-refractivity contribution is -0.130. The zero-order valence-corrected chi connectivity index (χ0v) is 14.0. The minimum atomic E-state index is -0.541. The van der Waals surface area contributed by atoms with Crippen LogP contribution in [0.1, 0.15) is 23.2 Å². The van der Waals surface area contributed by atoms with Gasteiger partial charge in [-0.1, -0.05) is 18.2 Å². The smallest absolute Gasteiger partial charge is 0.325 e. The molecule has 1 aromatic carbocycles. The van der Waals surface area contributed by atoms with E-state index in [0.29, 0.717) is 17.8 Å². The van der Waals surface area contributed by atoms with Crippen LogP contribution in [0.5, 0.6) is 5.75 Å². The lowest BCUT2D eigenvalue weighted by Gasteiger charge is -2.19. The summed E-state index contributed by atoms with van der Waals surface area (Å²) in [6.07, 6.45) is 0.453. The first kappa shape index (κ1) is 17.5. The van der Waals surface area contributed by atoms with Crippen LogP contribution in [-0.2, 0) is 17.8 Å². The van der Waals surface area contributed by atoms with Crippen LogP contribution >= 0.6 is 0 Å². The van der Waals surface area contributed by atoms with Gasteiger partial charge in [-0.05, 0) is 19.4 Å². The van der Waals surface area contributed by atoms with Gasteiger partial charge in [-0.25, -0.2) is 4.79 Å². The fourth-order valence-electron chi connectivity index (χ4n) is 2.53. The number of benzene rings is 1.